The quantitative estimate of drug-likeness (QED) is 0.425. The maximum atomic E-state index is 12.3. The van der Waals surface area contributed by atoms with Crippen molar-refractivity contribution in [1.82, 2.24) is 4.98 Å². The molecule has 0 radical (unpaired) electrons. The Hall–Kier alpha value is -3.41. The third kappa shape index (κ3) is 5.10. The molecular formula is C23H23NO5. The van der Waals surface area contributed by atoms with Crippen LogP contribution in [0.2, 0.25) is 0 Å². The molecule has 3 rings (SSSR count). The van der Waals surface area contributed by atoms with Gasteiger partial charge >= 0.3 is 11.9 Å². The molecule has 1 heterocycles. The minimum atomic E-state index is -1.17. The van der Waals surface area contributed by atoms with Gasteiger partial charge in [-0.25, -0.2) is 0 Å². The summed E-state index contributed by atoms with van der Waals surface area (Å²) in [6.45, 7) is 4.17. The molecule has 1 aromatic heterocycles. The highest BCUT2D eigenvalue weighted by atomic mass is 16.6. The monoisotopic (exact) mass is 393 g/mol. The normalized spacial score (nSPS) is 10.7. The Balaban J connectivity index is 1.87. The van der Waals surface area contributed by atoms with E-state index in [-0.39, 0.29) is 13.2 Å². The van der Waals surface area contributed by atoms with Crippen molar-refractivity contribution in [3.8, 4) is 5.75 Å². The van der Waals surface area contributed by atoms with Crippen molar-refractivity contribution in [2.24, 2.45) is 0 Å². The van der Waals surface area contributed by atoms with Gasteiger partial charge in [-0.3, -0.25) is 14.6 Å². The molecule has 0 bridgehead atoms. The van der Waals surface area contributed by atoms with Gasteiger partial charge in [0.05, 0.1) is 18.7 Å². The van der Waals surface area contributed by atoms with Crippen molar-refractivity contribution < 1.29 is 23.8 Å². The SMILES string of the molecule is CCOC(=O)C(C(=O)OCC)c1cnc2ccc(OCc3ccccc3)cc2c1. The second-order valence-electron chi connectivity index (χ2n) is 6.33. The minimum absolute atomic E-state index is 0.174. The average molecular weight is 393 g/mol. The lowest BCUT2D eigenvalue weighted by molar-refractivity contribution is -0.156. The number of hydrogen-bond donors (Lipinski definition) is 0. The van der Waals surface area contributed by atoms with Crippen LogP contribution in [0.4, 0.5) is 0 Å². The summed E-state index contributed by atoms with van der Waals surface area (Å²) >= 11 is 0. The van der Waals surface area contributed by atoms with Crippen LogP contribution in [-0.2, 0) is 25.7 Å². The van der Waals surface area contributed by atoms with E-state index in [0.717, 1.165) is 16.5 Å². The zero-order valence-corrected chi connectivity index (χ0v) is 16.5. The molecule has 6 heteroatoms. The summed E-state index contributed by atoms with van der Waals surface area (Å²) in [5.74, 6) is -1.79. The molecule has 0 amide bonds. The molecule has 150 valence electrons. The highest BCUT2D eigenvalue weighted by Crippen LogP contribution is 2.26. The number of carbonyl (C=O) groups excluding carboxylic acids is 2. The fourth-order valence-electron chi connectivity index (χ4n) is 2.93. The zero-order chi connectivity index (χ0) is 20.6. The second kappa shape index (κ2) is 9.68. The van der Waals surface area contributed by atoms with Gasteiger partial charge in [0.25, 0.3) is 0 Å². The molecule has 0 unspecified atom stereocenters. The Labute approximate surface area is 169 Å². The largest absolute Gasteiger partial charge is 0.489 e. The molecule has 0 aliphatic heterocycles. The van der Waals surface area contributed by atoms with E-state index in [1.54, 1.807) is 19.9 Å². The Bertz CT molecular complexity index is 969. The molecule has 0 atom stereocenters. The van der Waals surface area contributed by atoms with Crippen LogP contribution in [0.25, 0.3) is 10.9 Å². The molecule has 6 nitrogen and oxygen atoms in total. The first-order valence-corrected chi connectivity index (χ1v) is 9.52. The zero-order valence-electron chi connectivity index (χ0n) is 16.5. The smallest absolute Gasteiger partial charge is 0.324 e. The van der Waals surface area contributed by atoms with E-state index in [2.05, 4.69) is 4.98 Å². The Kier molecular flexibility index (Phi) is 6.79. The van der Waals surface area contributed by atoms with Crippen LogP contribution in [0, 0.1) is 0 Å². The summed E-state index contributed by atoms with van der Waals surface area (Å²) < 4.78 is 16.0. The van der Waals surface area contributed by atoms with Gasteiger partial charge in [-0.15, -0.1) is 0 Å². The second-order valence-corrected chi connectivity index (χ2v) is 6.33. The molecule has 0 aliphatic carbocycles. The predicted octanol–water partition coefficient (Wildman–Crippen LogP) is 4.02. The van der Waals surface area contributed by atoms with E-state index in [0.29, 0.717) is 17.9 Å². The average Bonchev–Trinajstić information content (AvgIpc) is 2.73. The molecular weight excluding hydrogens is 370 g/mol. The van der Waals surface area contributed by atoms with Crippen LogP contribution in [0.1, 0.15) is 30.9 Å². The van der Waals surface area contributed by atoms with E-state index >= 15 is 0 Å². The van der Waals surface area contributed by atoms with E-state index in [1.165, 1.54) is 6.20 Å². The number of ether oxygens (including phenoxy) is 3. The third-order valence-corrected chi connectivity index (χ3v) is 4.30. The van der Waals surface area contributed by atoms with Gasteiger partial charge in [-0.05, 0) is 49.2 Å². The Morgan fingerprint density at radius 3 is 2.28 bits per heavy atom. The molecule has 29 heavy (non-hydrogen) atoms. The molecule has 0 saturated heterocycles. The molecule has 3 aromatic rings. The van der Waals surface area contributed by atoms with Gasteiger partial charge < -0.3 is 14.2 Å². The van der Waals surface area contributed by atoms with Gasteiger partial charge in [-0.2, -0.15) is 0 Å². The summed E-state index contributed by atoms with van der Waals surface area (Å²) in [6.07, 6.45) is 1.51. The first kappa shape index (κ1) is 20.3. The lowest BCUT2D eigenvalue weighted by Gasteiger charge is -2.15. The first-order valence-electron chi connectivity index (χ1n) is 9.52. The van der Waals surface area contributed by atoms with Crippen molar-refractivity contribution in [3.63, 3.8) is 0 Å². The van der Waals surface area contributed by atoms with Crippen LogP contribution < -0.4 is 4.74 Å². The molecule has 0 fully saturated rings. The van der Waals surface area contributed by atoms with Crippen molar-refractivity contribution in [2.45, 2.75) is 26.4 Å². The number of pyridine rings is 1. The standard InChI is InChI=1S/C23H23NO5/c1-3-27-22(25)21(23(26)28-4-2)18-12-17-13-19(10-11-20(17)24-14-18)29-15-16-8-6-5-7-9-16/h5-14,21H,3-4,15H2,1-2H3. The van der Waals surface area contributed by atoms with E-state index < -0.39 is 17.9 Å². The topological polar surface area (TPSA) is 74.7 Å². The van der Waals surface area contributed by atoms with E-state index in [9.17, 15) is 9.59 Å². The summed E-state index contributed by atoms with van der Waals surface area (Å²) in [4.78, 5) is 29.1. The van der Waals surface area contributed by atoms with Crippen LogP contribution in [-0.4, -0.2) is 30.1 Å². The number of nitrogens with zero attached hydrogens (tertiary/aromatic N) is 1. The summed E-state index contributed by atoms with van der Waals surface area (Å²) in [7, 11) is 0. The van der Waals surface area contributed by atoms with Crippen molar-refractivity contribution in [2.75, 3.05) is 13.2 Å². The van der Waals surface area contributed by atoms with Gasteiger partial charge in [0.2, 0.25) is 0 Å². The van der Waals surface area contributed by atoms with Crippen LogP contribution in [0.5, 0.6) is 5.75 Å². The van der Waals surface area contributed by atoms with E-state index in [4.69, 9.17) is 14.2 Å². The van der Waals surface area contributed by atoms with Crippen molar-refractivity contribution >= 4 is 22.8 Å². The third-order valence-electron chi connectivity index (χ3n) is 4.30. The molecule has 0 saturated carbocycles. The van der Waals surface area contributed by atoms with Crippen molar-refractivity contribution in [1.29, 1.82) is 0 Å². The molecule has 0 N–H and O–H groups in total. The highest BCUT2D eigenvalue weighted by Gasteiger charge is 2.32. The summed E-state index contributed by atoms with van der Waals surface area (Å²) in [5, 5.41) is 0.756. The van der Waals surface area contributed by atoms with Crippen LogP contribution >= 0.6 is 0 Å². The minimum Gasteiger partial charge on any atom is -0.489 e. The highest BCUT2D eigenvalue weighted by molar-refractivity contribution is 6.01. The summed E-state index contributed by atoms with van der Waals surface area (Å²) in [6, 6.07) is 17.1. The number of esters is 2. The Morgan fingerprint density at radius 2 is 1.62 bits per heavy atom. The number of carbonyl (C=O) groups is 2. The lowest BCUT2D eigenvalue weighted by atomic mass is 9.99. The molecule has 0 aliphatic rings. The number of rotatable bonds is 8. The number of aromatic nitrogens is 1. The maximum absolute atomic E-state index is 12.3. The molecule has 0 spiro atoms. The number of benzene rings is 2. The van der Waals surface area contributed by atoms with Crippen molar-refractivity contribution in [3.05, 3.63) is 71.9 Å². The van der Waals surface area contributed by atoms with Crippen LogP contribution in [0.15, 0.2) is 60.8 Å². The van der Waals surface area contributed by atoms with Gasteiger partial charge in [0.15, 0.2) is 5.92 Å². The van der Waals surface area contributed by atoms with Gasteiger partial charge in [-0.1, -0.05) is 30.3 Å². The van der Waals surface area contributed by atoms with E-state index in [1.807, 2.05) is 48.5 Å². The maximum Gasteiger partial charge on any atom is 0.324 e. The first-order chi connectivity index (χ1) is 14.1. The van der Waals surface area contributed by atoms with Crippen LogP contribution in [0.3, 0.4) is 0 Å². The fourth-order valence-corrected chi connectivity index (χ4v) is 2.93. The predicted molar refractivity (Wildman–Crippen MR) is 109 cm³/mol. The molecule has 2 aromatic carbocycles. The van der Waals surface area contributed by atoms with Gasteiger partial charge in [0, 0.05) is 11.6 Å². The van der Waals surface area contributed by atoms with Gasteiger partial charge in [0.1, 0.15) is 12.4 Å². The number of fused-ring (bicyclic) bond motifs is 1. The lowest BCUT2D eigenvalue weighted by Crippen LogP contribution is -2.26. The number of hydrogen-bond acceptors (Lipinski definition) is 6. The summed E-state index contributed by atoms with van der Waals surface area (Å²) in [5.41, 5.74) is 2.21. The fraction of sp³-hybridized carbons (Fsp3) is 0.261. The Morgan fingerprint density at radius 1 is 0.931 bits per heavy atom.